The zero-order valence-electron chi connectivity index (χ0n) is 13.6. The molecule has 8 heteroatoms. The molecule has 0 saturated heterocycles. The molecule has 0 aliphatic heterocycles. The molecule has 7 nitrogen and oxygen atoms in total. The minimum absolute atomic E-state index is 0.0589. The standard InChI is InChI=1S/C18H17NO6S/c20-15-3-1-2-13(12-15)4-9-17(21)14-5-7-16(8-6-14)26(24,25)19-11-10-18(22)23/h1-9,12,19-20H,10-11H2,(H,22,23). The van der Waals surface area contributed by atoms with Gasteiger partial charge in [-0.3, -0.25) is 9.59 Å². The molecule has 0 radical (unpaired) electrons. The zero-order valence-corrected chi connectivity index (χ0v) is 14.4. The Kier molecular flexibility index (Phi) is 6.26. The molecule has 136 valence electrons. The Morgan fingerprint density at radius 1 is 1.08 bits per heavy atom. The Morgan fingerprint density at radius 3 is 2.38 bits per heavy atom. The molecule has 2 aromatic carbocycles. The van der Waals surface area contributed by atoms with Crippen molar-refractivity contribution in [3.63, 3.8) is 0 Å². The van der Waals surface area contributed by atoms with Crippen LogP contribution in [-0.4, -0.2) is 36.9 Å². The molecular formula is C18H17NO6S. The number of allylic oxidation sites excluding steroid dienone is 1. The highest BCUT2D eigenvalue weighted by Gasteiger charge is 2.14. The lowest BCUT2D eigenvalue weighted by molar-refractivity contribution is -0.136. The van der Waals surface area contributed by atoms with Crippen molar-refractivity contribution >= 4 is 27.9 Å². The van der Waals surface area contributed by atoms with Crippen LogP contribution in [0.5, 0.6) is 5.75 Å². The summed E-state index contributed by atoms with van der Waals surface area (Å²) in [5.41, 5.74) is 0.950. The molecular weight excluding hydrogens is 358 g/mol. The van der Waals surface area contributed by atoms with Gasteiger partial charge in [-0.1, -0.05) is 18.2 Å². The monoisotopic (exact) mass is 375 g/mol. The number of carboxylic acid groups (broad SMARTS) is 1. The molecule has 0 saturated carbocycles. The third-order valence-corrected chi connectivity index (χ3v) is 4.85. The van der Waals surface area contributed by atoms with Crippen LogP contribution >= 0.6 is 0 Å². The number of phenolic OH excluding ortho intramolecular Hbond substituents is 1. The number of sulfonamides is 1. The molecule has 2 rings (SSSR count). The summed E-state index contributed by atoms with van der Waals surface area (Å²) in [5.74, 6) is -1.34. The summed E-state index contributed by atoms with van der Waals surface area (Å²) in [6, 6.07) is 11.7. The number of phenols is 1. The Morgan fingerprint density at radius 2 is 1.77 bits per heavy atom. The van der Waals surface area contributed by atoms with Crippen LogP contribution in [0.1, 0.15) is 22.3 Å². The van der Waals surface area contributed by atoms with Crippen molar-refractivity contribution in [1.29, 1.82) is 0 Å². The van der Waals surface area contributed by atoms with Crippen LogP contribution in [0.15, 0.2) is 59.5 Å². The second-order valence-corrected chi connectivity index (χ2v) is 7.13. The summed E-state index contributed by atoms with van der Waals surface area (Å²) < 4.78 is 26.2. The van der Waals surface area contributed by atoms with Crippen molar-refractivity contribution < 1.29 is 28.2 Å². The van der Waals surface area contributed by atoms with E-state index in [9.17, 15) is 23.1 Å². The molecule has 26 heavy (non-hydrogen) atoms. The topological polar surface area (TPSA) is 121 Å². The number of rotatable bonds is 8. The van der Waals surface area contributed by atoms with Gasteiger partial charge in [-0.15, -0.1) is 0 Å². The number of carbonyl (C=O) groups excluding carboxylic acids is 1. The van der Waals surface area contributed by atoms with E-state index in [-0.39, 0.29) is 29.4 Å². The lowest BCUT2D eigenvalue weighted by Gasteiger charge is -2.06. The maximum Gasteiger partial charge on any atom is 0.304 e. The molecule has 0 atom stereocenters. The van der Waals surface area contributed by atoms with E-state index in [4.69, 9.17) is 5.11 Å². The minimum atomic E-state index is -3.83. The summed E-state index contributed by atoms with van der Waals surface area (Å²) >= 11 is 0. The van der Waals surface area contributed by atoms with Gasteiger partial charge in [-0.2, -0.15) is 0 Å². The van der Waals surface area contributed by atoms with Gasteiger partial charge in [-0.25, -0.2) is 13.1 Å². The number of hydrogen-bond acceptors (Lipinski definition) is 5. The first-order valence-corrected chi connectivity index (χ1v) is 9.09. The van der Waals surface area contributed by atoms with E-state index in [1.54, 1.807) is 18.2 Å². The smallest absolute Gasteiger partial charge is 0.304 e. The molecule has 0 bridgehead atoms. The average molecular weight is 375 g/mol. The van der Waals surface area contributed by atoms with E-state index in [1.165, 1.54) is 42.5 Å². The summed E-state index contributed by atoms with van der Waals surface area (Å²) in [6.07, 6.45) is 2.54. The number of ketones is 1. The first-order valence-electron chi connectivity index (χ1n) is 7.61. The minimum Gasteiger partial charge on any atom is -0.508 e. The molecule has 0 heterocycles. The van der Waals surface area contributed by atoms with E-state index in [1.807, 2.05) is 0 Å². The third kappa shape index (κ3) is 5.54. The number of aliphatic carboxylic acids is 1. The number of carboxylic acids is 1. The number of aromatic hydroxyl groups is 1. The Bertz CT molecular complexity index is 932. The number of carbonyl (C=O) groups is 2. The summed E-state index contributed by atoms with van der Waals surface area (Å²) in [4.78, 5) is 22.5. The predicted octanol–water partition coefficient (Wildman–Crippen LogP) is 2.04. The molecule has 3 N–H and O–H groups in total. The molecule has 2 aromatic rings. The fourth-order valence-electron chi connectivity index (χ4n) is 2.07. The average Bonchev–Trinajstić information content (AvgIpc) is 2.59. The van der Waals surface area contributed by atoms with E-state index in [2.05, 4.69) is 4.72 Å². The fraction of sp³-hybridized carbons (Fsp3) is 0.111. The van der Waals surface area contributed by atoms with Crippen LogP contribution in [0.25, 0.3) is 6.08 Å². The van der Waals surface area contributed by atoms with Crippen LogP contribution < -0.4 is 4.72 Å². The number of benzene rings is 2. The van der Waals surface area contributed by atoms with Crippen molar-refractivity contribution in [2.24, 2.45) is 0 Å². The second kappa shape index (κ2) is 8.41. The van der Waals surface area contributed by atoms with Crippen LogP contribution in [0.2, 0.25) is 0 Å². The van der Waals surface area contributed by atoms with Gasteiger partial charge in [0.25, 0.3) is 0 Å². The maximum atomic E-state index is 12.1. The quantitative estimate of drug-likeness (QED) is 0.480. The number of nitrogens with one attached hydrogen (secondary N) is 1. The first-order chi connectivity index (χ1) is 12.3. The molecule has 0 fully saturated rings. The van der Waals surface area contributed by atoms with Crippen molar-refractivity contribution in [3.05, 3.63) is 65.7 Å². The summed E-state index contributed by atoms with van der Waals surface area (Å²) in [7, 11) is -3.83. The lowest BCUT2D eigenvalue weighted by atomic mass is 10.1. The van der Waals surface area contributed by atoms with Gasteiger partial charge in [0, 0.05) is 12.1 Å². The number of hydrogen-bond donors (Lipinski definition) is 3. The van der Waals surface area contributed by atoms with E-state index >= 15 is 0 Å². The van der Waals surface area contributed by atoms with Crippen molar-refractivity contribution in [2.75, 3.05) is 6.54 Å². The molecule has 0 aliphatic rings. The Balaban J connectivity index is 2.06. The second-order valence-electron chi connectivity index (χ2n) is 5.36. The largest absolute Gasteiger partial charge is 0.508 e. The Hall–Kier alpha value is -2.97. The predicted molar refractivity (Wildman–Crippen MR) is 95.4 cm³/mol. The van der Waals surface area contributed by atoms with E-state index < -0.39 is 16.0 Å². The molecule has 0 amide bonds. The van der Waals surface area contributed by atoms with Gasteiger partial charge >= 0.3 is 5.97 Å². The van der Waals surface area contributed by atoms with E-state index in [0.717, 1.165) is 0 Å². The van der Waals surface area contributed by atoms with Gasteiger partial charge in [0.1, 0.15) is 5.75 Å². The molecule has 0 spiro atoms. The van der Waals surface area contributed by atoms with Gasteiger partial charge in [0.05, 0.1) is 11.3 Å². The maximum absolute atomic E-state index is 12.1. The Labute approximate surface area is 150 Å². The van der Waals surface area contributed by atoms with Crippen LogP contribution in [0.4, 0.5) is 0 Å². The van der Waals surface area contributed by atoms with E-state index in [0.29, 0.717) is 11.1 Å². The van der Waals surface area contributed by atoms with Gasteiger partial charge in [0.2, 0.25) is 10.0 Å². The van der Waals surface area contributed by atoms with Crippen LogP contribution in [-0.2, 0) is 14.8 Å². The van der Waals surface area contributed by atoms with Crippen molar-refractivity contribution in [2.45, 2.75) is 11.3 Å². The third-order valence-electron chi connectivity index (χ3n) is 3.38. The highest BCUT2D eigenvalue weighted by molar-refractivity contribution is 7.89. The summed E-state index contributed by atoms with van der Waals surface area (Å²) in [5, 5.41) is 17.9. The summed E-state index contributed by atoms with van der Waals surface area (Å²) in [6.45, 7) is -0.217. The SMILES string of the molecule is O=C(O)CCNS(=O)(=O)c1ccc(C(=O)C=Cc2cccc(O)c2)cc1. The van der Waals surface area contributed by atoms with Crippen LogP contribution in [0, 0.1) is 0 Å². The highest BCUT2D eigenvalue weighted by Crippen LogP contribution is 2.14. The lowest BCUT2D eigenvalue weighted by Crippen LogP contribution is -2.26. The highest BCUT2D eigenvalue weighted by atomic mass is 32.2. The molecule has 0 aromatic heterocycles. The first kappa shape index (κ1) is 19.4. The van der Waals surface area contributed by atoms with Gasteiger partial charge in [0.15, 0.2) is 5.78 Å². The molecule has 0 unspecified atom stereocenters. The zero-order chi connectivity index (χ0) is 19.2. The van der Waals surface area contributed by atoms with Gasteiger partial charge in [-0.05, 0) is 48.0 Å². The van der Waals surface area contributed by atoms with Gasteiger partial charge < -0.3 is 10.2 Å². The van der Waals surface area contributed by atoms with Crippen LogP contribution in [0.3, 0.4) is 0 Å². The van der Waals surface area contributed by atoms with Crippen molar-refractivity contribution in [1.82, 2.24) is 4.72 Å². The fourth-order valence-corrected chi connectivity index (χ4v) is 3.10. The molecule has 0 aliphatic carbocycles. The normalized spacial score (nSPS) is 11.5. The van der Waals surface area contributed by atoms with Crippen molar-refractivity contribution in [3.8, 4) is 5.75 Å².